The lowest BCUT2D eigenvalue weighted by Crippen LogP contribution is -2.44. The van der Waals surface area contributed by atoms with Crippen LogP contribution in [0.15, 0.2) is 54.7 Å². The number of aromatic nitrogens is 1. The number of hydrogen-bond acceptors (Lipinski definition) is 2. The topological polar surface area (TPSA) is 54.3 Å². The summed E-state index contributed by atoms with van der Waals surface area (Å²) in [5.41, 5.74) is 2.42. The molecule has 0 unspecified atom stereocenters. The minimum absolute atomic E-state index is 0.00726. The lowest BCUT2D eigenvalue weighted by Gasteiger charge is -2.29. The third kappa shape index (κ3) is 3.43. The Kier molecular flexibility index (Phi) is 5.17. The molecular formula is C23H25ClN2O2. The molecule has 1 amide bonds. The van der Waals surface area contributed by atoms with E-state index in [4.69, 9.17) is 11.6 Å². The highest BCUT2D eigenvalue weighted by atomic mass is 35.5. The molecule has 1 heterocycles. The second-order valence-electron chi connectivity index (χ2n) is 7.77. The summed E-state index contributed by atoms with van der Waals surface area (Å²) in [4.78, 5) is 13.1. The Bertz CT molecular complexity index is 988. The largest absolute Gasteiger partial charge is 0.387 e. The van der Waals surface area contributed by atoms with E-state index in [0.717, 1.165) is 47.7 Å². The van der Waals surface area contributed by atoms with Gasteiger partial charge in [0.25, 0.3) is 0 Å². The molecule has 1 fully saturated rings. The van der Waals surface area contributed by atoms with E-state index < -0.39 is 11.5 Å². The first kappa shape index (κ1) is 19.0. The fourth-order valence-electron chi connectivity index (χ4n) is 4.38. The zero-order chi connectivity index (χ0) is 19.7. The Balaban J connectivity index is 1.49. The van der Waals surface area contributed by atoms with Gasteiger partial charge in [0.1, 0.15) is 0 Å². The second-order valence-corrected chi connectivity index (χ2v) is 8.20. The first-order valence-electron chi connectivity index (χ1n) is 9.77. The molecule has 0 spiro atoms. The van der Waals surface area contributed by atoms with Gasteiger partial charge in [-0.15, -0.1) is 0 Å². The molecule has 28 heavy (non-hydrogen) atoms. The van der Waals surface area contributed by atoms with E-state index in [9.17, 15) is 9.90 Å². The summed E-state index contributed by atoms with van der Waals surface area (Å²) in [5, 5.41) is 15.4. The van der Waals surface area contributed by atoms with E-state index in [1.807, 2.05) is 66.3 Å². The number of aryl methyl sites for hydroxylation is 1. The van der Waals surface area contributed by atoms with E-state index in [2.05, 4.69) is 5.32 Å². The van der Waals surface area contributed by atoms with Crippen molar-refractivity contribution in [2.45, 2.75) is 37.2 Å². The van der Waals surface area contributed by atoms with Crippen LogP contribution >= 0.6 is 11.6 Å². The van der Waals surface area contributed by atoms with Gasteiger partial charge in [-0.05, 0) is 59.7 Å². The first-order valence-corrected chi connectivity index (χ1v) is 10.1. The molecule has 2 N–H and O–H groups in total. The zero-order valence-corrected chi connectivity index (χ0v) is 16.7. The Labute approximate surface area is 170 Å². The number of carbonyl (C=O) groups is 1. The highest BCUT2D eigenvalue weighted by molar-refractivity contribution is 6.30. The zero-order valence-electron chi connectivity index (χ0n) is 16.0. The number of fused-ring (bicyclic) bond motifs is 1. The van der Waals surface area contributed by atoms with Crippen molar-refractivity contribution in [1.82, 2.24) is 9.88 Å². The van der Waals surface area contributed by atoms with Gasteiger partial charge in [-0.3, -0.25) is 4.79 Å². The third-order valence-corrected chi connectivity index (χ3v) is 6.29. The molecule has 5 heteroatoms. The smallest absolute Gasteiger partial charge is 0.230 e. The first-order chi connectivity index (χ1) is 13.5. The minimum atomic E-state index is -0.739. The highest BCUT2D eigenvalue weighted by Gasteiger charge is 2.42. The van der Waals surface area contributed by atoms with Crippen LogP contribution in [0.2, 0.25) is 5.02 Å². The molecular weight excluding hydrogens is 372 g/mol. The molecule has 4 nitrogen and oxygen atoms in total. The quantitative estimate of drug-likeness (QED) is 0.667. The predicted molar refractivity (Wildman–Crippen MR) is 112 cm³/mol. The van der Waals surface area contributed by atoms with E-state index >= 15 is 0 Å². The van der Waals surface area contributed by atoms with Crippen LogP contribution in [0.3, 0.4) is 0 Å². The lowest BCUT2D eigenvalue weighted by atomic mass is 9.78. The van der Waals surface area contributed by atoms with Crippen LogP contribution in [0.1, 0.15) is 42.9 Å². The molecule has 1 atom stereocenters. The average molecular weight is 397 g/mol. The van der Waals surface area contributed by atoms with Crippen LogP contribution in [0, 0.1) is 0 Å². The van der Waals surface area contributed by atoms with E-state index in [1.165, 1.54) is 0 Å². The molecule has 1 aliphatic carbocycles. The maximum Gasteiger partial charge on any atom is 0.230 e. The Hall–Kier alpha value is -2.30. The number of amides is 1. The number of carbonyl (C=O) groups excluding carboxylic acids is 1. The van der Waals surface area contributed by atoms with Crippen molar-refractivity contribution < 1.29 is 9.90 Å². The molecule has 1 aromatic heterocycles. The van der Waals surface area contributed by atoms with Crippen molar-refractivity contribution in [2.24, 2.45) is 7.05 Å². The van der Waals surface area contributed by atoms with Gasteiger partial charge >= 0.3 is 0 Å². The number of halogens is 1. The molecule has 0 saturated heterocycles. The highest BCUT2D eigenvalue weighted by Crippen LogP contribution is 2.41. The molecule has 1 saturated carbocycles. The maximum absolute atomic E-state index is 13.1. The van der Waals surface area contributed by atoms with Gasteiger partial charge in [-0.2, -0.15) is 0 Å². The molecule has 3 aromatic rings. The summed E-state index contributed by atoms with van der Waals surface area (Å²) in [6.45, 7) is 0.201. The summed E-state index contributed by atoms with van der Waals surface area (Å²) >= 11 is 6.02. The standard InChI is InChI=1S/C23H25ClN2O2/c1-26-13-10-16-14-17(4-9-20(16)26)21(27)15-25-22(28)23(11-2-3-12-23)18-5-7-19(24)8-6-18/h4-10,13-14,21,27H,2-3,11-12,15H2,1H3,(H,25,28)/t21-/m1/s1. The van der Waals surface area contributed by atoms with Crippen LogP contribution in [0.5, 0.6) is 0 Å². The van der Waals surface area contributed by atoms with Gasteiger partial charge in [0.05, 0.1) is 11.5 Å². The van der Waals surface area contributed by atoms with Gasteiger partial charge in [-0.25, -0.2) is 0 Å². The molecule has 4 rings (SSSR count). The van der Waals surface area contributed by atoms with Crippen molar-refractivity contribution in [3.05, 3.63) is 70.9 Å². The Morgan fingerprint density at radius 3 is 2.61 bits per heavy atom. The van der Waals surface area contributed by atoms with Crippen molar-refractivity contribution in [3.8, 4) is 0 Å². The fraction of sp³-hybridized carbons (Fsp3) is 0.348. The predicted octanol–water partition coefficient (Wildman–Crippen LogP) is 4.49. The van der Waals surface area contributed by atoms with Gasteiger partial charge in [-0.1, -0.05) is 42.6 Å². The molecule has 1 aliphatic rings. The van der Waals surface area contributed by atoms with Crippen molar-refractivity contribution in [3.63, 3.8) is 0 Å². The van der Waals surface area contributed by atoms with Gasteiger partial charge in [0, 0.05) is 30.3 Å². The SMILES string of the molecule is Cn1ccc2cc([C@H](O)CNC(=O)C3(c4ccc(Cl)cc4)CCCC3)ccc21. The van der Waals surface area contributed by atoms with Crippen LogP contribution < -0.4 is 5.32 Å². The molecule has 0 aliphatic heterocycles. The Morgan fingerprint density at radius 1 is 1.18 bits per heavy atom. The molecule has 146 valence electrons. The Morgan fingerprint density at radius 2 is 1.89 bits per heavy atom. The lowest BCUT2D eigenvalue weighted by molar-refractivity contribution is -0.127. The number of nitrogens with one attached hydrogen (secondary N) is 1. The van der Waals surface area contributed by atoms with Crippen LogP contribution in [0.4, 0.5) is 0 Å². The third-order valence-electron chi connectivity index (χ3n) is 6.04. The summed E-state index contributed by atoms with van der Waals surface area (Å²) in [7, 11) is 2.00. The van der Waals surface area contributed by atoms with Crippen LogP contribution in [-0.4, -0.2) is 22.1 Å². The normalized spacial score (nSPS) is 17.0. The van der Waals surface area contributed by atoms with Crippen molar-refractivity contribution >= 4 is 28.4 Å². The summed E-state index contributed by atoms with van der Waals surface area (Å²) in [6.07, 6.45) is 4.97. The number of rotatable bonds is 5. The minimum Gasteiger partial charge on any atom is -0.387 e. The summed E-state index contributed by atoms with van der Waals surface area (Å²) in [5.74, 6) is -0.00726. The number of aliphatic hydroxyl groups is 1. The molecule has 0 bridgehead atoms. The average Bonchev–Trinajstić information content (AvgIpc) is 3.34. The van der Waals surface area contributed by atoms with Gasteiger partial charge in [0.2, 0.25) is 5.91 Å². The monoisotopic (exact) mass is 396 g/mol. The maximum atomic E-state index is 13.1. The van der Waals surface area contributed by atoms with E-state index in [1.54, 1.807) is 0 Å². The van der Waals surface area contributed by atoms with E-state index in [0.29, 0.717) is 5.02 Å². The van der Waals surface area contributed by atoms with Gasteiger partial charge in [0.15, 0.2) is 0 Å². The number of aliphatic hydroxyl groups excluding tert-OH is 1. The van der Waals surface area contributed by atoms with Crippen molar-refractivity contribution in [1.29, 1.82) is 0 Å². The number of nitrogens with zero attached hydrogens (tertiary/aromatic N) is 1. The fourth-order valence-corrected chi connectivity index (χ4v) is 4.50. The second kappa shape index (κ2) is 7.61. The molecule has 0 radical (unpaired) electrons. The van der Waals surface area contributed by atoms with E-state index in [-0.39, 0.29) is 12.5 Å². The summed E-state index contributed by atoms with van der Waals surface area (Å²) in [6, 6.07) is 15.5. The number of benzene rings is 2. The van der Waals surface area contributed by atoms with Crippen LogP contribution in [0.25, 0.3) is 10.9 Å². The number of hydrogen-bond donors (Lipinski definition) is 2. The van der Waals surface area contributed by atoms with Crippen LogP contribution in [-0.2, 0) is 17.3 Å². The summed E-state index contributed by atoms with van der Waals surface area (Å²) < 4.78 is 2.04. The van der Waals surface area contributed by atoms with Crippen molar-refractivity contribution in [2.75, 3.05) is 6.54 Å². The molecule has 2 aromatic carbocycles. The van der Waals surface area contributed by atoms with Gasteiger partial charge < -0.3 is 15.0 Å².